The Kier molecular flexibility index (Phi) is 4.63. The van der Waals surface area contributed by atoms with Crippen LogP contribution in [-0.2, 0) is 9.47 Å². The van der Waals surface area contributed by atoms with Crippen molar-refractivity contribution in [1.82, 2.24) is 0 Å². The first-order chi connectivity index (χ1) is 13.5. The maximum Gasteiger partial charge on any atom is 0.198 e. The Bertz CT molecular complexity index is 886. The van der Waals surface area contributed by atoms with Crippen molar-refractivity contribution in [2.24, 2.45) is 5.41 Å². The number of aromatic nitrogens is 1. The fraction of sp³-hybridized carbons (Fsp3) is 0.522. The van der Waals surface area contributed by atoms with Gasteiger partial charge < -0.3 is 18.9 Å². The molecule has 0 fully saturated rings. The molecule has 5 rings (SSSR count). The van der Waals surface area contributed by atoms with Gasteiger partial charge >= 0.3 is 0 Å². The second kappa shape index (κ2) is 6.75. The Morgan fingerprint density at radius 2 is 1.50 bits per heavy atom. The lowest BCUT2D eigenvalue weighted by Gasteiger charge is -2.57. The predicted octanol–water partition coefficient (Wildman–Crippen LogP) is 3.84. The number of ether oxygens (including phenoxy) is 4. The van der Waals surface area contributed by atoms with Gasteiger partial charge in [0.15, 0.2) is 23.7 Å². The molecule has 2 aliphatic heterocycles. The van der Waals surface area contributed by atoms with Gasteiger partial charge in [0.25, 0.3) is 0 Å². The molecule has 0 amide bonds. The van der Waals surface area contributed by atoms with Crippen LogP contribution in [0.25, 0.3) is 0 Å². The summed E-state index contributed by atoms with van der Waals surface area (Å²) in [6, 6.07) is 10.3. The van der Waals surface area contributed by atoms with Crippen molar-refractivity contribution in [3.63, 3.8) is 0 Å². The molecule has 0 saturated carbocycles. The van der Waals surface area contributed by atoms with Crippen LogP contribution in [-0.4, -0.2) is 33.2 Å². The van der Waals surface area contributed by atoms with E-state index in [9.17, 15) is 0 Å². The van der Waals surface area contributed by atoms with Gasteiger partial charge in [-0.15, -0.1) is 0 Å². The normalized spacial score (nSPS) is 23.1. The number of hydrogen-bond donors (Lipinski definition) is 0. The number of benzene rings is 1. The predicted molar refractivity (Wildman–Crippen MR) is 106 cm³/mol. The average Bonchev–Trinajstić information content (AvgIpc) is 2.69. The van der Waals surface area contributed by atoms with E-state index in [1.165, 1.54) is 5.69 Å². The molecule has 150 valence electrons. The quantitative estimate of drug-likeness (QED) is 0.561. The number of pyridine rings is 1. The van der Waals surface area contributed by atoms with Gasteiger partial charge in [0, 0.05) is 30.9 Å². The van der Waals surface area contributed by atoms with Crippen molar-refractivity contribution in [2.75, 3.05) is 27.4 Å². The zero-order valence-electron chi connectivity index (χ0n) is 17.6. The van der Waals surface area contributed by atoms with Crippen molar-refractivity contribution in [3.8, 4) is 11.5 Å². The molecule has 0 saturated heterocycles. The largest absolute Gasteiger partial charge is 0.496 e. The molecule has 3 heterocycles. The van der Waals surface area contributed by atoms with Gasteiger partial charge in [0.1, 0.15) is 17.4 Å². The van der Waals surface area contributed by atoms with Crippen LogP contribution in [0.5, 0.6) is 11.5 Å². The van der Waals surface area contributed by atoms with Gasteiger partial charge in [-0.25, -0.2) is 0 Å². The summed E-state index contributed by atoms with van der Waals surface area (Å²) in [5.74, 6) is 0.797. The standard InChI is InChI=1S/C23H30NO4/c1-7-27-23(28-8-2)20-15-11-9-10-14-24(15)21(22(23,3)4)19-17(26-6)13-12-16(25-5)18(19)20/h9-14,20-21H,7-8H2,1-6H3/q+1/t20-,21+/m1/s1. The summed E-state index contributed by atoms with van der Waals surface area (Å²) in [6.07, 6.45) is 2.15. The maximum atomic E-state index is 6.51. The van der Waals surface area contributed by atoms with Crippen LogP contribution >= 0.6 is 0 Å². The minimum Gasteiger partial charge on any atom is -0.496 e. The lowest BCUT2D eigenvalue weighted by molar-refractivity contribution is -0.755. The summed E-state index contributed by atoms with van der Waals surface area (Å²) in [7, 11) is 3.45. The highest BCUT2D eigenvalue weighted by Gasteiger charge is 2.71. The topological polar surface area (TPSA) is 40.8 Å². The first-order valence-electron chi connectivity index (χ1n) is 10.0. The van der Waals surface area contributed by atoms with Crippen LogP contribution in [0, 0.1) is 5.41 Å². The highest BCUT2D eigenvalue weighted by molar-refractivity contribution is 5.58. The first-order valence-corrected chi connectivity index (χ1v) is 10.0. The van der Waals surface area contributed by atoms with E-state index >= 15 is 0 Å². The molecule has 3 aliphatic rings. The molecule has 2 atom stereocenters. The van der Waals surface area contributed by atoms with Gasteiger partial charge in [0.2, 0.25) is 0 Å². The van der Waals surface area contributed by atoms with Crippen LogP contribution in [0.4, 0.5) is 0 Å². The molecule has 0 N–H and O–H groups in total. The zero-order valence-corrected chi connectivity index (χ0v) is 17.6. The van der Waals surface area contributed by atoms with Gasteiger partial charge in [0.05, 0.1) is 25.2 Å². The average molecular weight is 384 g/mol. The lowest BCUT2D eigenvalue weighted by Crippen LogP contribution is -2.71. The van der Waals surface area contributed by atoms with E-state index in [2.05, 4.69) is 42.8 Å². The highest BCUT2D eigenvalue weighted by atomic mass is 16.7. The lowest BCUT2D eigenvalue weighted by atomic mass is 9.57. The van der Waals surface area contributed by atoms with Crippen molar-refractivity contribution < 1.29 is 23.5 Å². The molecule has 1 aromatic heterocycles. The van der Waals surface area contributed by atoms with Gasteiger partial charge in [-0.05, 0) is 39.8 Å². The highest BCUT2D eigenvalue weighted by Crippen LogP contribution is 2.64. The molecule has 2 bridgehead atoms. The summed E-state index contributed by atoms with van der Waals surface area (Å²) in [6.45, 7) is 9.67. The van der Waals surface area contributed by atoms with Crippen LogP contribution in [0.2, 0.25) is 0 Å². The molecule has 28 heavy (non-hydrogen) atoms. The van der Waals surface area contributed by atoms with Gasteiger partial charge in [-0.2, -0.15) is 4.57 Å². The number of fused-ring (bicyclic) bond motifs is 1. The fourth-order valence-electron chi connectivity index (χ4n) is 5.43. The Morgan fingerprint density at radius 1 is 0.893 bits per heavy atom. The molecule has 0 radical (unpaired) electrons. The second-order valence-corrected chi connectivity index (χ2v) is 7.92. The Hall–Kier alpha value is -2.11. The fourth-order valence-corrected chi connectivity index (χ4v) is 5.43. The second-order valence-electron chi connectivity index (χ2n) is 7.92. The van der Waals surface area contributed by atoms with Crippen molar-refractivity contribution in [1.29, 1.82) is 0 Å². The summed E-state index contributed by atoms with van der Waals surface area (Å²) in [5, 5.41) is 0. The number of hydrogen-bond acceptors (Lipinski definition) is 4. The molecule has 0 unspecified atom stereocenters. The number of rotatable bonds is 6. The third-order valence-corrected chi connectivity index (χ3v) is 6.39. The van der Waals surface area contributed by atoms with Crippen LogP contribution in [0.1, 0.15) is 56.5 Å². The van der Waals surface area contributed by atoms with Crippen LogP contribution in [0.15, 0.2) is 36.5 Å². The summed E-state index contributed by atoms with van der Waals surface area (Å²) in [5.41, 5.74) is 3.11. The Labute approximate surface area is 167 Å². The van der Waals surface area contributed by atoms with Crippen molar-refractivity contribution in [3.05, 3.63) is 53.3 Å². The SMILES string of the molecule is CCOC1(OCC)[C@H]2c3c(OC)ccc(OC)c3[C@H]([n+]3ccccc32)C1(C)C. The monoisotopic (exact) mass is 384 g/mol. The minimum absolute atomic E-state index is 0.00755. The Balaban J connectivity index is 2.14. The smallest absolute Gasteiger partial charge is 0.198 e. The van der Waals surface area contributed by atoms with Crippen LogP contribution < -0.4 is 14.0 Å². The van der Waals surface area contributed by atoms with Gasteiger partial charge in [-0.1, -0.05) is 6.07 Å². The summed E-state index contributed by atoms with van der Waals surface area (Å²) in [4.78, 5) is 0. The van der Waals surface area contributed by atoms with E-state index in [1.54, 1.807) is 14.2 Å². The number of nitrogens with zero attached hydrogens (tertiary/aromatic N) is 1. The van der Waals surface area contributed by atoms with Crippen molar-refractivity contribution >= 4 is 0 Å². The van der Waals surface area contributed by atoms with E-state index in [-0.39, 0.29) is 17.4 Å². The summed E-state index contributed by atoms with van der Waals surface area (Å²) >= 11 is 0. The molecule has 2 aromatic rings. The first kappa shape index (κ1) is 19.2. The Morgan fingerprint density at radius 3 is 2.07 bits per heavy atom. The number of methoxy groups -OCH3 is 2. The molecule has 1 aliphatic carbocycles. The van der Waals surface area contributed by atoms with E-state index < -0.39 is 5.79 Å². The molecule has 5 nitrogen and oxygen atoms in total. The van der Waals surface area contributed by atoms with Crippen molar-refractivity contribution in [2.45, 2.75) is 45.4 Å². The van der Waals surface area contributed by atoms with E-state index in [1.807, 2.05) is 26.0 Å². The molecular formula is C23H30NO4+. The van der Waals surface area contributed by atoms with Crippen LogP contribution in [0.3, 0.4) is 0 Å². The minimum atomic E-state index is -0.796. The third-order valence-electron chi connectivity index (χ3n) is 6.39. The molecule has 5 heteroatoms. The molecule has 1 aromatic carbocycles. The zero-order chi connectivity index (χ0) is 20.1. The molecule has 0 spiro atoms. The summed E-state index contributed by atoms with van der Waals surface area (Å²) < 4.78 is 27.0. The van der Waals surface area contributed by atoms with E-state index in [0.29, 0.717) is 13.2 Å². The van der Waals surface area contributed by atoms with E-state index in [4.69, 9.17) is 18.9 Å². The molecular weight excluding hydrogens is 354 g/mol. The van der Waals surface area contributed by atoms with E-state index in [0.717, 1.165) is 22.6 Å². The third kappa shape index (κ3) is 2.23. The maximum absolute atomic E-state index is 6.51. The van der Waals surface area contributed by atoms with Gasteiger partial charge in [-0.3, -0.25) is 0 Å².